The molecule has 94 valence electrons. The van der Waals surface area contributed by atoms with E-state index >= 15 is 0 Å². The Labute approximate surface area is 114 Å². The van der Waals surface area contributed by atoms with Gasteiger partial charge in [0.1, 0.15) is 5.82 Å². The van der Waals surface area contributed by atoms with Crippen LogP contribution in [-0.2, 0) is 0 Å². The van der Waals surface area contributed by atoms with Crippen LogP contribution >= 0.6 is 11.6 Å². The Bertz CT molecular complexity index is 771. The van der Waals surface area contributed by atoms with Crippen molar-refractivity contribution in [1.29, 1.82) is 0 Å². The summed E-state index contributed by atoms with van der Waals surface area (Å²) in [6, 6.07) is 11.9. The van der Waals surface area contributed by atoms with Gasteiger partial charge in [-0.3, -0.25) is 0 Å². The Hall–Kier alpha value is -2.00. The Kier molecular flexibility index (Phi) is 2.91. The molecule has 19 heavy (non-hydrogen) atoms. The van der Waals surface area contributed by atoms with E-state index in [1.54, 1.807) is 24.3 Å². The summed E-state index contributed by atoms with van der Waals surface area (Å²) in [6.07, 6.45) is 0. The highest BCUT2D eigenvalue weighted by molar-refractivity contribution is 6.31. The smallest absolute Gasteiger partial charge is 0.162 e. The molecule has 2 aromatic carbocycles. The van der Waals surface area contributed by atoms with Gasteiger partial charge in [-0.05, 0) is 37.3 Å². The van der Waals surface area contributed by atoms with Gasteiger partial charge in [0.15, 0.2) is 5.82 Å². The highest BCUT2D eigenvalue weighted by Crippen LogP contribution is 2.25. The van der Waals surface area contributed by atoms with Crippen molar-refractivity contribution in [2.24, 2.45) is 0 Å². The molecule has 0 saturated heterocycles. The van der Waals surface area contributed by atoms with E-state index < -0.39 is 0 Å². The summed E-state index contributed by atoms with van der Waals surface area (Å²) in [5.41, 5.74) is 1.95. The van der Waals surface area contributed by atoms with Gasteiger partial charge in [0.2, 0.25) is 0 Å². The number of aryl methyl sites for hydroxylation is 1. The molecule has 0 spiro atoms. The number of benzene rings is 2. The second kappa shape index (κ2) is 4.59. The highest BCUT2D eigenvalue weighted by atomic mass is 35.5. The lowest BCUT2D eigenvalue weighted by atomic mass is 10.1. The van der Waals surface area contributed by atoms with Crippen molar-refractivity contribution in [3.05, 3.63) is 59.0 Å². The van der Waals surface area contributed by atoms with Crippen molar-refractivity contribution >= 4 is 22.5 Å². The Morgan fingerprint density at radius 1 is 1.05 bits per heavy atom. The van der Waals surface area contributed by atoms with E-state index in [4.69, 9.17) is 11.6 Å². The van der Waals surface area contributed by atoms with Crippen molar-refractivity contribution in [2.75, 3.05) is 0 Å². The van der Waals surface area contributed by atoms with Crippen molar-refractivity contribution in [3.8, 4) is 11.4 Å². The van der Waals surface area contributed by atoms with Crippen LogP contribution in [0.5, 0.6) is 0 Å². The van der Waals surface area contributed by atoms with Crippen LogP contribution in [0.4, 0.5) is 4.39 Å². The van der Waals surface area contributed by atoms with Gasteiger partial charge in [-0.15, -0.1) is 0 Å². The van der Waals surface area contributed by atoms with E-state index in [1.165, 1.54) is 6.07 Å². The molecule has 0 saturated carbocycles. The first-order valence-electron chi connectivity index (χ1n) is 5.84. The van der Waals surface area contributed by atoms with E-state index in [0.717, 1.165) is 16.6 Å². The zero-order valence-electron chi connectivity index (χ0n) is 10.2. The second-order valence-corrected chi connectivity index (χ2v) is 4.71. The molecule has 2 nitrogen and oxygen atoms in total. The third kappa shape index (κ3) is 2.17. The zero-order valence-corrected chi connectivity index (χ0v) is 10.9. The largest absolute Gasteiger partial charge is 0.233 e. The summed E-state index contributed by atoms with van der Waals surface area (Å²) in [7, 11) is 0. The standard InChI is InChI=1S/C15H10ClFN2/c1-9-12-8-10(16)6-7-14(12)19-15(18-9)11-4-2-3-5-13(11)17/h2-8H,1H3. The summed E-state index contributed by atoms with van der Waals surface area (Å²) >= 11 is 5.96. The van der Waals surface area contributed by atoms with Crippen molar-refractivity contribution in [3.63, 3.8) is 0 Å². The van der Waals surface area contributed by atoms with Crippen LogP contribution < -0.4 is 0 Å². The minimum atomic E-state index is -0.324. The number of nitrogens with zero attached hydrogens (tertiary/aromatic N) is 2. The number of aromatic nitrogens is 2. The van der Waals surface area contributed by atoms with E-state index in [2.05, 4.69) is 9.97 Å². The molecule has 0 fully saturated rings. The van der Waals surface area contributed by atoms with Crippen LogP contribution in [0.15, 0.2) is 42.5 Å². The summed E-state index contributed by atoms with van der Waals surface area (Å²) < 4.78 is 13.8. The Morgan fingerprint density at radius 2 is 1.84 bits per heavy atom. The molecule has 1 aromatic heterocycles. The molecule has 0 unspecified atom stereocenters. The molecule has 3 rings (SSSR count). The monoisotopic (exact) mass is 272 g/mol. The van der Waals surface area contributed by atoms with E-state index in [-0.39, 0.29) is 5.82 Å². The fraction of sp³-hybridized carbons (Fsp3) is 0.0667. The summed E-state index contributed by atoms with van der Waals surface area (Å²) in [4.78, 5) is 8.76. The molecule has 0 aliphatic heterocycles. The highest BCUT2D eigenvalue weighted by Gasteiger charge is 2.10. The van der Waals surface area contributed by atoms with Crippen LogP contribution in [0.3, 0.4) is 0 Å². The predicted molar refractivity (Wildman–Crippen MR) is 74.7 cm³/mol. The lowest BCUT2D eigenvalue weighted by Crippen LogP contribution is -1.96. The molecule has 0 N–H and O–H groups in total. The van der Waals surface area contributed by atoms with Gasteiger partial charge in [0.25, 0.3) is 0 Å². The average molecular weight is 273 g/mol. The maximum absolute atomic E-state index is 13.8. The average Bonchev–Trinajstić information content (AvgIpc) is 2.40. The van der Waals surface area contributed by atoms with Gasteiger partial charge in [0, 0.05) is 16.1 Å². The quantitative estimate of drug-likeness (QED) is 0.656. The van der Waals surface area contributed by atoms with Gasteiger partial charge in [-0.25, -0.2) is 14.4 Å². The SMILES string of the molecule is Cc1nc(-c2ccccc2F)nc2ccc(Cl)cc12. The van der Waals surface area contributed by atoms with Gasteiger partial charge in [-0.2, -0.15) is 0 Å². The third-order valence-electron chi connectivity index (χ3n) is 2.96. The Morgan fingerprint density at radius 3 is 2.63 bits per heavy atom. The van der Waals surface area contributed by atoms with E-state index in [1.807, 2.05) is 19.1 Å². The summed E-state index contributed by atoms with van der Waals surface area (Å²) in [5, 5.41) is 1.52. The van der Waals surface area contributed by atoms with E-state index in [9.17, 15) is 4.39 Å². The van der Waals surface area contributed by atoms with Crippen LogP contribution in [0.1, 0.15) is 5.69 Å². The van der Waals surface area contributed by atoms with Crippen molar-refractivity contribution < 1.29 is 4.39 Å². The number of hydrogen-bond donors (Lipinski definition) is 0. The van der Waals surface area contributed by atoms with Crippen LogP contribution in [0.2, 0.25) is 5.02 Å². The maximum atomic E-state index is 13.8. The molecule has 0 bridgehead atoms. The molecule has 0 aliphatic carbocycles. The fourth-order valence-electron chi connectivity index (χ4n) is 2.02. The molecular formula is C15H10ClFN2. The molecular weight excluding hydrogens is 263 g/mol. The molecule has 1 heterocycles. The molecule has 3 aromatic rings. The Balaban J connectivity index is 2.27. The number of halogens is 2. The summed E-state index contributed by atoms with van der Waals surface area (Å²) in [5.74, 6) is 0.0700. The minimum absolute atomic E-state index is 0.324. The lowest BCUT2D eigenvalue weighted by molar-refractivity contribution is 0.630. The summed E-state index contributed by atoms with van der Waals surface area (Å²) in [6.45, 7) is 1.87. The molecule has 4 heteroatoms. The van der Waals surface area contributed by atoms with Gasteiger partial charge >= 0.3 is 0 Å². The fourth-order valence-corrected chi connectivity index (χ4v) is 2.19. The van der Waals surface area contributed by atoms with Crippen molar-refractivity contribution in [2.45, 2.75) is 6.92 Å². The number of fused-ring (bicyclic) bond motifs is 1. The predicted octanol–water partition coefficient (Wildman–Crippen LogP) is 4.40. The third-order valence-corrected chi connectivity index (χ3v) is 3.20. The number of rotatable bonds is 1. The molecule has 0 radical (unpaired) electrons. The maximum Gasteiger partial charge on any atom is 0.162 e. The first kappa shape index (κ1) is 12.1. The van der Waals surface area contributed by atoms with Crippen LogP contribution in [0, 0.1) is 12.7 Å². The first-order valence-corrected chi connectivity index (χ1v) is 6.22. The van der Waals surface area contributed by atoms with E-state index in [0.29, 0.717) is 16.4 Å². The molecule has 0 atom stereocenters. The minimum Gasteiger partial charge on any atom is -0.233 e. The second-order valence-electron chi connectivity index (χ2n) is 4.27. The normalized spacial score (nSPS) is 10.9. The lowest BCUT2D eigenvalue weighted by Gasteiger charge is -2.06. The topological polar surface area (TPSA) is 25.8 Å². The van der Waals surface area contributed by atoms with Crippen molar-refractivity contribution in [1.82, 2.24) is 9.97 Å². The van der Waals surface area contributed by atoms with Gasteiger partial charge < -0.3 is 0 Å². The zero-order chi connectivity index (χ0) is 13.4. The molecule has 0 aliphatic rings. The van der Waals surface area contributed by atoms with Gasteiger partial charge in [0.05, 0.1) is 11.1 Å². The number of hydrogen-bond acceptors (Lipinski definition) is 2. The first-order chi connectivity index (χ1) is 9.15. The van der Waals surface area contributed by atoms with Gasteiger partial charge in [-0.1, -0.05) is 23.7 Å². The molecule has 0 amide bonds. The van der Waals surface area contributed by atoms with Crippen LogP contribution in [-0.4, -0.2) is 9.97 Å². The van der Waals surface area contributed by atoms with Crippen LogP contribution in [0.25, 0.3) is 22.3 Å².